The fourth-order valence-corrected chi connectivity index (χ4v) is 1.88. The molecule has 16 heavy (non-hydrogen) atoms. The Balaban J connectivity index is 2.34. The number of rotatable bonds is 3. The molecule has 2 aromatic rings. The van der Waals surface area contributed by atoms with Crippen molar-refractivity contribution in [2.24, 2.45) is 0 Å². The van der Waals surface area contributed by atoms with Crippen molar-refractivity contribution in [3.8, 4) is 0 Å². The molecule has 84 valence electrons. The lowest BCUT2D eigenvalue weighted by Gasteiger charge is -2.08. The Hall–Kier alpha value is -1.10. The van der Waals surface area contributed by atoms with Crippen LogP contribution in [0.2, 0.25) is 10.0 Å². The first-order chi connectivity index (χ1) is 7.72. The lowest BCUT2D eigenvalue weighted by molar-refractivity contribution is 0.269. The zero-order chi connectivity index (χ0) is 11.5. The summed E-state index contributed by atoms with van der Waals surface area (Å²) in [5.41, 5.74) is 1.39. The van der Waals surface area contributed by atoms with Gasteiger partial charge < -0.3 is 5.11 Å². The van der Waals surface area contributed by atoms with Gasteiger partial charge in [-0.15, -0.1) is 5.10 Å². The Morgan fingerprint density at radius 3 is 2.56 bits per heavy atom. The molecule has 0 aliphatic rings. The average molecular weight is 258 g/mol. The molecule has 0 bridgehead atoms. The summed E-state index contributed by atoms with van der Waals surface area (Å²) in [6, 6.07) is 5.30. The van der Waals surface area contributed by atoms with Gasteiger partial charge in [0.05, 0.1) is 25.0 Å². The molecule has 2 rings (SSSR count). The largest absolute Gasteiger partial charge is 0.390 e. The van der Waals surface area contributed by atoms with E-state index >= 15 is 0 Å². The number of aliphatic hydroxyl groups excluding tert-OH is 1. The molecule has 1 aromatic heterocycles. The van der Waals surface area contributed by atoms with Crippen LogP contribution in [0.25, 0.3) is 0 Å². The lowest BCUT2D eigenvalue weighted by Crippen LogP contribution is -2.07. The van der Waals surface area contributed by atoms with Crippen LogP contribution in [0.4, 0.5) is 0 Å². The third-order valence-electron chi connectivity index (χ3n) is 2.23. The van der Waals surface area contributed by atoms with Crippen LogP contribution in [-0.4, -0.2) is 20.1 Å². The summed E-state index contributed by atoms with van der Waals surface area (Å²) in [5, 5.41) is 17.8. The van der Waals surface area contributed by atoms with Crippen molar-refractivity contribution in [2.45, 2.75) is 13.2 Å². The van der Waals surface area contributed by atoms with E-state index in [1.165, 1.54) is 6.20 Å². The fourth-order valence-electron chi connectivity index (χ4n) is 1.37. The van der Waals surface area contributed by atoms with Gasteiger partial charge in [-0.1, -0.05) is 34.5 Å². The summed E-state index contributed by atoms with van der Waals surface area (Å²) in [6.45, 7) is 0.281. The normalized spacial score (nSPS) is 10.7. The molecule has 0 fully saturated rings. The van der Waals surface area contributed by atoms with Gasteiger partial charge in [-0.05, 0) is 12.1 Å². The maximum absolute atomic E-state index is 9.06. The van der Waals surface area contributed by atoms with Gasteiger partial charge in [0.25, 0.3) is 0 Å². The third-order valence-corrected chi connectivity index (χ3v) is 2.94. The summed E-state index contributed by atoms with van der Waals surface area (Å²) in [4.78, 5) is 0. The molecule has 0 spiro atoms. The Morgan fingerprint density at radius 2 is 1.94 bits per heavy atom. The summed E-state index contributed by atoms with van der Waals surface area (Å²) in [6.07, 6.45) is 1.50. The van der Waals surface area contributed by atoms with E-state index in [9.17, 15) is 0 Å². The predicted octanol–water partition coefficient (Wildman–Crippen LogP) is 2.13. The summed E-state index contributed by atoms with van der Waals surface area (Å²) >= 11 is 12.1. The van der Waals surface area contributed by atoms with Gasteiger partial charge in [0.2, 0.25) is 0 Å². The van der Waals surface area contributed by atoms with Crippen LogP contribution in [0.5, 0.6) is 0 Å². The van der Waals surface area contributed by atoms with Crippen LogP contribution in [0, 0.1) is 0 Å². The van der Waals surface area contributed by atoms with E-state index in [1.54, 1.807) is 22.9 Å². The number of aromatic nitrogens is 3. The van der Waals surface area contributed by atoms with Gasteiger partial charge in [-0.3, -0.25) is 0 Å². The predicted molar refractivity (Wildman–Crippen MR) is 61.5 cm³/mol. The summed E-state index contributed by atoms with van der Waals surface area (Å²) in [5.74, 6) is 0. The van der Waals surface area contributed by atoms with E-state index in [1.807, 2.05) is 0 Å². The highest BCUT2D eigenvalue weighted by Crippen LogP contribution is 2.25. The van der Waals surface area contributed by atoms with Crippen molar-refractivity contribution in [1.29, 1.82) is 0 Å². The highest BCUT2D eigenvalue weighted by atomic mass is 35.5. The topological polar surface area (TPSA) is 50.9 Å². The van der Waals surface area contributed by atoms with Gasteiger partial charge in [-0.25, -0.2) is 4.68 Å². The van der Waals surface area contributed by atoms with Gasteiger partial charge in [0.15, 0.2) is 0 Å². The van der Waals surface area contributed by atoms with E-state index in [0.717, 1.165) is 5.56 Å². The summed E-state index contributed by atoms with van der Waals surface area (Å²) < 4.78 is 1.56. The standard InChI is InChI=1S/C10H9Cl2N3O/c11-9-2-1-3-10(12)8(9)5-15-7(6-16)4-13-14-15/h1-4,16H,5-6H2. The van der Waals surface area contributed by atoms with E-state index in [-0.39, 0.29) is 6.61 Å². The highest BCUT2D eigenvalue weighted by Gasteiger charge is 2.09. The zero-order valence-electron chi connectivity index (χ0n) is 8.27. The number of hydrogen-bond donors (Lipinski definition) is 1. The number of benzene rings is 1. The number of hydrogen-bond acceptors (Lipinski definition) is 3. The average Bonchev–Trinajstić information content (AvgIpc) is 2.71. The lowest BCUT2D eigenvalue weighted by atomic mass is 10.2. The minimum Gasteiger partial charge on any atom is -0.390 e. The molecule has 0 atom stereocenters. The molecule has 0 aliphatic carbocycles. The third kappa shape index (κ3) is 2.19. The molecular formula is C10H9Cl2N3O. The monoisotopic (exact) mass is 257 g/mol. The van der Waals surface area contributed by atoms with Crippen molar-refractivity contribution in [1.82, 2.24) is 15.0 Å². The molecule has 4 nitrogen and oxygen atoms in total. The Morgan fingerprint density at radius 1 is 1.25 bits per heavy atom. The highest BCUT2D eigenvalue weighted by molar-refractivity contribution is 6.35. The van der Waals surface area contributed by atoms with Crippen LogP contribution in [0.3, 0.4) is 0 Å². The van der Waals surface area contributed by atoms with Crippen molar-refractivity contribution in [3.63, 3.8) is 0 Å². The Kier molecular flexibility index (Phi) is 3.43. The van der Waals surface area contributed by atoms with Crippen molar-refractivity contribution in [3.05, 3.63) is 45.7 Å². The van der Waals surface area contributed by atoms with E-state index < -0.39 is 0 Å². The first-order valence-electron chi connectivity index (χ1n) is 4.63. The molecule has 1 N–H and O–H groups in total. The Labute approximate surface area is 102 Å². The quantitative estimate of drug-likeness (QED) is 0.917. The maximum Gasteiger partial charge on any atom is 0.0866 e. The van der Waals surface area contributed by atoms with Crippen LogP contribution >= 0.6 is 23.2 Å². The minimum absolute atomic E-state index is 0.116. The van der Waals surface area contributed by atoms with Crippen LogP contribution in [0.1, 0.15) is 11.3 Å². The zero-order valence-corrected chi connectivity index (χ0v) is 9.78. The van der Waals surface area contributed by atoms with Crippen LogP contribution < -0.4 is 0 Å². The van der Waals surface area contributed by atoms with Crippen molar-refractivity contribution >= 4 is 23.2 Å². The van der Waals surface area contributed by atoms with Crippen LogP contribution in [-0.2, 0) is 13.2 Å². The van der Waals surface area contributed by atoms with E-state index in [0.29, 0.717) is 22.3 Å². The molecule has 0 aliphatic heterocycles. The second kappa shape index (κ2) is 4.82. The van der Waals surface area contributed by atoms with Crippen molar-refractivity contribution < 1.29 is 5.11 Å². The molecule has 0 amide bonds. The minimum atomic E-state index is -0.116. The molecule has 6 heteroatoms. The second-order valence-electron chi connectivity index (χ2n) is 3.24. The molecule has 1 aromatic carbocycles. The first-order valence-corrected chi connectivity index (χ1v) is 5.39. The SMILES string of the molecule is OCc1cnnn1Cc1c(Cl)cccc1Cl. The van der Waals surface area contributed by atoms with Gasteiger partial charge in [0.1, 0.15) is 0 Å². The number of aliphatic hydroxyl groups is 1. The molecule has 0 radical (unpaired) electrons. The molecule has 0 unspecified atom stereocenters. The first kappa shape index (κ1) is 11.4. The Bertz CT molecular complexity index is 478. The molecule has 0 saturated heterocycles. The molecular weight excluding hydrogens is 249 g/mol. The summed E-state index contributed by atoms with van der Waals surface area (Å²) in [7, 11) is 0. The van der Waals surface area contributed by atoms with Crippen LogP contribution in [0.15, 0.2) is 24.4 Å². The van der Waals surface area contributed by atoms with E-state index in [4.69, 9.17) is 28.3 Å². The smallest absolute Gasteiger partial charge is 0.0866 e. The number of nitrogens with zero attached hydrogens (tertiary/aromatic N) is 3. The second-order valence-corrected chi connectivity index (χ2v) is 4.06. The van der Waals surface area contributed by atoms with Gasteiger partial charge in [0, 0.05) is 15.6 Å². The van der Waals surface area contributed by atoms with E-state index in [2.05, 4.69) is 10.3 Å². The molecule has 1 heterocycles. The van der Waals surface area contributed by atoms with Crippen molar-refractivity contribution in [2.75, 3.05) is 0 Å². The van der Waals surface area contributed by atoms with Gasteiger partial charge >= 0.3 is 0 Å². The maximum atomic E-state index is 9.06. The fraction of sp³-hybridized carbons (Fsp3) is 0.200. The molecule has 0 saturated carbocycles. The van der Waals surface area contributed by atoms with Gasteiger partial charge in [-0.2, -0.15) is 0 Å². The number of halogens is 2.